The summed E-state index contributed by atoms with van der Waals surface area (Å²) in [6, 6.07) is 13.5. The van der Waals surface area contributed by atoms with Gasteiger partial charge in [-0.25, -0.2) is 19.7 Å². The number of aromatic nitrogens is 4. The molecule has 3 aromatic rings. The van der Waals surface area contributed by atoms with Gasteiger partial charge in [-0.15, -0.1) is 0 Å². The van der Waals surface area contributed by atoms with Crippen molar-refractivity contribution < 1.29 is 4.79 Å². The zero-order chi connectivity index (χ0) is 19.3. The second-order valence-corrected chi connectivity index (χ2v) is 6.64. The first-order valence-electron chi connectivity index (χ1n) is 9.13. The molecular weight excluding hydrogens is 356 g/mol. The lowest BCUT2D eigenvalue weighted by molar-refractivity contribution is -0.122. The van der Waals surface area contributed by atoms with E-state index in [1.807, 2.05) is 36.4 Å². The Hall–Kier alpha value is -3.55. The quantitative estimate of drug-likeness (QED) is 0.717. The normalized spacial score (nSPS) is 16.1. The number of hydrogen-bond donors (Lipinski definition) is 1. The molecule has 1 atom stereocenters. The Bertz CT molecular complexity index is 1020. The number of amides is 1. The first-order chi connectivity index (χ1) is 13.7. The summed E-state index contributed by atoms with van der Waals surface area (Å²) >= 11 is 0. The van der Waals surface area contributed by atoms with Crippen molar-refractivity contribution >= 4 is 11.9 Å². The van der Waals surface area contributed by atoms with E-state index in [9.17, 15) is 9.59 Å². The van der Waals surface area contributed by atoms with E-state index in [0.717, 1.165) is 24.2 Å². The van der Waals surface area contributed by atoms with Crippen LogP contribution in [-0.4, -0.2) is 44.6 Å². The summed E-state index contributed by atoms with van der Waals surface area (Å²) in [5.41, 5.74) is 1.47. The van der Waals surface area contributed by atoms with Gasteiger partial charge in [0.15, 0.2) is 0 Å². The van der Waals surface area contributed by atoms with Crippen LogP contribution in [0.15, 0.2) is 65.8 Å². The van der Waals surface area contributed by atoms with Crippen LogP contribution < -0.4 is 15.9 Å². The molecule has 0 saturated carbocycles. The van der Waals surface area contributed by atoms with Gasteiger partial charge in [0.25, 0.3) is 0 Å². The van der Waals surface area contributed by atoms with Crippen molar-refractivity contribution in [2.75, 3.05) is 18.0 Å². The third-order valence-electron chi connectivity index (χ3n) is 4.65. The fraction of sp³-hybridized carbons (Fsp3) is 0.250. The maximum atomic E-state index is 12.3. The minimum atomic E-state index is -0.433. The second-order valence-electron chi connectivity index (χ2n) is 6.64. The highest BCUT2D eigenvalue weighted by Gasteiger charge is 2.26. The Balaban J connectivity index is 1.39. The van der Waals surface area contributed by atoms with Gasteiger partial charge in [0.05, 0.1) is 5.69 Å². The van der Waals surface area contributed by atoms with Crippen LogP contribution in [0.5, 0.6) is 0 Å². The first kappa shape index (κ1) is 17.8. The number of nitrogens with one attached hydrogen (secondary N) is 1. The molecule has 1 aromatic carbocycles. The van der Waals surface area contributed by atoms with Gasteiger partial charge in [0.2, 0.25) is 11.9 Å². The maximum Gasteiger partial charge on any atom is 0.347 e. The van der Waals surface area contributed by atoms with Gasteiger partial charge < -0.3 is 10.2 Å². The van der Waals surface area contributed by atoms with Crippen LogP contribution in [0.1, 0.15) is 6.42 Å². The van der Waals surface area contributed by atoms with Crippen LogP contribution >= 0.6 is 0 Å². The average molecular weight is 376 g/mol. The Morgan fingerprint density at radius 2 is 1.96 bits per heavy atom. The van der Waals surface area contributed by atoms with Crippen molar-refractivity contribution in [2.45, 2.75) is 19.0 Å². The van der Waals surface area contributed by atoms with Crippen LogP contribution in [-0.2, 0) is 11.3 Å². The average Bonchev–Trinajstić information content (AvgIpc) is 3.19. The molecule has 1 unspecified atom stereocenters. The van der Waals surface area contributed by atoms with Crippen molar-refractivity contribution in [1.82, 2.24) is 24.8 Å². The maximum absolute atomic E-state index is 12.3. The molecule has 3 heterocycles. The fourth-order valence-electron chi connectivity index (χ4n) is 3.27. The second kappa shape index (κ2) is 7.99. The summed E-state index contributed by atoms with van der Waals surface area (Å²) in [5, 5.41) is 2.98. The van der Waals surface area contributed by atoms with Crippen molar-refractivity contribution in [3.8, 4) is 11.3 Å². The predicted octanol–water partition coefficient (Wildman–Crippen LogP) is 1.10. The van der Waals surface area contributed by atoms with E-state index < -0.39 is 5.69 Å². The van der Waals surface area contributed by atoms with Crippen LogP contribution in [0.25, 0.3) is 11.3 Å². The summed E-state index contributed by atoms with van der Waals surface area (Å²) < 4.78 is 1.29. The van der Waals surface area contributed by atoms with Gasteiger partial charge in [0, 0.05) is 43.3 Å². The summed E-state index contributed by atoms with van der Waals surface area (Å²) in [7, 11) is 0. The summed E-state index contributed by atoms with van der Waals surface area (Å²) in [6.07, 6.45) is 5.52. The largest absolute Gasteiger partial charge is 0.350 e. The molecule has 142 valence electrons. The summed E-state index contributed by atoms with van der Waals surface area (Å²) in [6.45, 7) is 1.35. The number of carbonyl (C=O) groups excluding carboxylic acids is 1. The third kappa shape index (κ3) is 4.06. The number of carbonyl (C=O) groups is 1. The van der Waals surface area contributed by atoms with E-state index in [4.69, 9.17) is 0 Å². The highest BCUT2D eigenvalue weighted by Crippen LogP contribution is 2.21. The molecule has 28 heavy (non-hydrogen) atoms. The van der Waals surface area contributed by atoms with Gasteiger partial charge >= 0.3 is 5.69 Å². The molecule has 8 heteroatoms. The van der Waals surface area contributed by atoms with Crippen molar-refractivity contribution in [1.29, 1.82) is 0 Å². The number of benzene rings is 1. The van der Waals surface area contributed by atoms with Crippen molar-refractivity contribution in [3.05, 3.63) is 71.5 Å². The molecule has 1 amide bonds. The van der Waals surface area contributed by atoms with E-state index in [1.54, 1.807) is 18.5 Å². The van der Waals surface area contributed by atoms with Crippen molar-refractivity contribution in [2.24, 2.45) is 0 Å². The zero-order valence-corrected chi connectivity index (χ0v) is 15.2. The summed E-state index contributed by atoms with van der Waals surface area (Å²) in [5.74, 6) is 0.447. The Morgan fingerprint density at radius 3 is 2.79 bits per heavy atom. The van der Waals surface area contributed by atoms with E-state index in [0.29, 0.717) is 12.5 Å². The highest BCUT2D eigenvalue weighted by atomic mass is 16.2. The Kier molecular flexibility index (Phi) is 5.09. The van der Waals surface area contributed by atoms with Gasteiger partial charge in [-0.2, -0.15) is 0 Å². The fourth-order valence-corrected chi connectivity index (χ4v) is 3.27. The number of hydrogen-bond acceptors (Lipinski definition) is 6. The van der Waals surface area contributed by atoms with Gasteiger partial charge in [-0.05, 0) is 18.6 Å². The van der Waals surface area contributed by atoms with Gasteiger partial charge in [-0.3, -0.25) is 9.36 Å². The van der Waals surface area contributed by atoms with Crippen LogP contribution in [0.2, 0.25) is 0 Å². The number of nitrogens with zero attached hydrogens (tertiary/aromatic N) is 5. The lowest BCUT2D eigenvalue weighted by atomic mass is 10.1. The summed E-state index contributed by atoms with van der Waals surface area (Å²) in [4.78, 5) is 38.6. The smallest absolute Gasteiger partial charge is 0.347 e. The topological polar surface area (TPSA) is 93.0 Å². The van der Waals surface area contributed by atoms with Gasteiger partial charge in [0.1, 0.15) is 6.54 Å². The molecule has 0 radical (unpaired) electrons. The SMILES string of the molecule is O=C(Cn1cccnc1=O)NC1CCN(c2nccc(-c3ccccc3)n2)C1. The lowest BCUT2D eigenvalue weighted by Crippen LogP contribution is -2.40. The molecule has 1 aliphatic rings. The monoisotopic (exact) mass is 376 g/mol. The Morgan fingerprint density at radius 1 is 1.11 bits per heavy atom. The van der Waals surface area contributed by atoms with Crippen LogP contribution in [0.4, 0.5) is 5.95 Å². The highest BCUT2D eigenvalue weighted by molar-refractivity contribution is 5.76. The molecule has 1 saturated heterocycles. The molecule has 1 N–H and O–H groups in total. The van der Waals surface area contributed by atoms with Crippen LogP contribution in [0.3, 0.4) is 0 Å². The standard InChI is InChI=1S/C20H20N6O2/c27-18(14-26-11-4-9-22-20(26)28)23-16-8-12-25(13-16)19-21-10-7-17(24-19)15-5-2-1-3-6-15/h1-7,9-11,16H,8,12-14H2,(H,23,27). The molecule has 1 fully saturated rings. The molecule has 1 aliphatic heterocycles. The van der Waals surface area contributed by atoms with Crippen LogP contribution in [0, 0.1) is 0 Å². The van der Waals surface area contributed by atoms with Gasteiger partial charge in [-0.1, -0.05) is 30.3 Å². The molecule has 0 bridgehead atoms. The number of anilines is 1. The molecule has 4 rings (SSSR count). The number of rotatable bonds is 5. The minimum absolute atomic E-state index is 0.0103. The molecular formula is C20H20N6O2. The zero-order valence-electron chi connectivity index (χ0n) is 15.2. The molecule has 2 aromatic heterocycles. The molecule has 0 aliphatic carbocycles. The van der Waals surface area contributed by atoms with E-state index in [2.05, 4.69) is 25.2 Å². The predicted molar refractivity (Wildman–Crippen MR) is 105 cm³/mol. The van der Waals surface area contributed by atoms with E-state index >= 15 is 0 Å². The van der Waals surface area contributed by atoms with Crippen molar-refractivity contribution in [3.63, 3.8) is 0 Å². The molecule has 8 nitrogen and oxygen atoms in total. The molecule has 0 spiro atoms. The van der Waals surface area contributed by atoms with E-state index in [-0.39, 0.29) is 18.5 Å². The first-order valence-corrected chi connectivity index (χ1v) is 9.13. The minimum Gasteiger partial charge on any atom is -0.350 e. The Labute approximate surface area is 161 Å². The van der Waals surface area contributed by atoms with E-state index in [1.165, 1.54) is 10.8 Å². The lowest BCUT2D eigenvalue weighted by Gasteiger charge is -2.17. The third-order valence-corrected chi connectivity index (χ3v) is 4.65.